The van der Waals surface area contributed by atoms with E-state index in [-0.39, 0.29) is 5.91 Å². The summed E-state index contributed by atoms with van der Waals surface area (Å²) >= 11 is 1.52. The zero-order valence-corrected chi connectivity index (χ0v) is 12.7. The average Bonchev–Trinajstić information content (AvgIpc) is 2.94. The number of benzene rings is 1. The average molecular weight is 306 g/mol. The molecule has 21 heavy (non-hydrogen) atoms. The van der Waals surface area contributed by atoms with E-state index in [1.54, 1.807) is 23.5 Å². The van der Waals surface area contributed by atoms with Crippen molar-refractivity contribution in [2.45, 2.75) is 18.4 Å². The number of aliphatic hydroxyl groups is 1. The number of hydrogen-bond donors (Lipinski definition) is 1. The number of carbonyl (C=O) groups is 1. The molecule has 0 spiro atoms. The van der Waals surface area contributed by atoms with Gasteiger partial charge in [0.25, 0.3) is 5.91 Å². The molecule has 112 valence electrons. The number of likely N-dealkylation sites (N-methyl/N-ethyl adjacent to an activating group) is 1. The molecule has 2 aromatic rings. The van der Waals surface area contributed by atoms with Crippen LogP contribution in [0.15, 0.2) is 23.7 Å². The van der Waals surface area contributed by atoms with E-state index in [1.165, 1.54) is 11.3 Å². The summed E-state index contributed by atoms with van der Waals surface area (Å²) in [7, 11) is 1.73. The molecule has 0 unspecified atom stereocenters. The molecule has 1 aromatic heterocycles. The smallest absolute Gasteiger partial charge is 0.253 e. The Morgan fingerprint density at radius 1 is 1.48 bits per heavy atom. The van der Waals surface area contributed by atoms with Crippen molar-refractivity contribution in [1.82, 2.24) is 9.88 Å². The van der Waals surface area contributed by atoms with E-state index in [4.69, 9.17) is 4.74 Å². The van der Waals surface area contributed by atoms with Crippen LogP contribution in [0.5, 0.6) is 0 Å². The Labute approximate surface area is 127 Å². The first-order valence-electron chi connectivity index (χ1n) is 6.96. The van der Waals surface area contributed by atoms with Gasteiger partial charge in [0.05, 0.1) is 21.3 Å². The molecule has 0 radical (unpaired) electrons. The van der Waals surface area contributed by atoms with Gasteiger partial charge in [-0.15, -0.1) is 11.3 Å². The molecule has 2 heterocycles. The van der Waals surface area contributed by atoms with E-state index in [9.17, 15) is 9.90 Å². The number of thiazole rings is 1. The zero-order chi connectivity index (χ0) is 14.9. The van der Waals surface area contributed by atoms with Crippen LogP contribution in [0.4, 0.5) is 0 Å². The van der Waals surface area contributed by atoms with E-state index in [1.807, 2.05) is 12.1 Å². The number of carbonyl (C=O) groups excluding carboxylic acids is 1. The first-order chi connectivity index (χ1) is 10.1. The summed E-state index contributed by atoms with van der Waals surface area (Å²) in [6.45, 7) is 1.42. The normalized spacial score (nSPS) is 17.8. The third-order valence-electron chi connectivity index (χ3n) is 3.88. The predicted octanol–water partition coefficient (Wildman–Crippen LogP) is 1.91. The molecule has 5 nitrogen and oxygen atoms in total. The summed E-state index contributed by atoms with van der Waals surface area (Å²) in [5.74, 6) is -0.0785. The third-order valence-corrected chi connectivity index (χ3v) is 4.67. The van der Waals surface area contributed by atoms with Crippen LogP contribution < -0.4 is 0 Å². The molecule has 1 aromatic carbocycles. The van der Waals surface area contributed by atoms with Gasteiger partial charge < -0.3 is 14.7 Å². The Balaban J connectivity index is 1.74. The van der Waals surface area contributed by atoms with Crippen LogP contribution in [-0.4, -0.2) is 53.3 Å². The number of nitrogens with zero attached hydrogens (tertiary/aromatic N) is 2. The molecule has 0 atom stereocenters. The van der Waals surface area contributed by atoms with Crippen LogP contribution in [0.3, 0.4) is 0 Å². The van der Waals surface area contributed by atoms with Crippen molar-refractivity contribution in [2.75, 3.05) is 26.8 Å². The molecule has 1 amide bonds. The SMILES string of the molecule is CN(CC1(O)CCOCC1)C(=O)c1ccc2ncsc2c1. The molecule has 1 aliphatic heterocycles. The molecule has 1 saturated heterocycles. The van der Waals surface area contributed by atoms with E-state index in [0.717, 1.165) is 10.2 Å². The van der Waals surface area contributed by atoms with Crippen LogP contribution in [0, 0.1) is 0 Å². The molecule has 0 aliphatic carbocycles. The minimum atomic E-state index is -0.836. The van der Waals surface area contributed by atoms with E-state index in [0.29, 0.717) is 38.2 Å². The summed E-state index contributed by atoms with van der Waals surface area (Å²) in [5.41, 5.74) is 2.47. The maximum Gasteiger partial charge on any atom is 0.253 e. The molecule has 0 bridgehead atoms. The molecule has 1 fully saturated rings. The second-order valence-corrected chi connectivity index (χ2v) is 6.42. The number of hydrogen-bond acceptors (Lipinski definition) is 5. The lowest BCUT2D eigenvalue weighted by Crippen LogP contribution is -2.47. The van der Waals surface area contributed by atoms with Crippen molar-refractivity contribution in [3.8, 4) is 0 Å². The van der Waals surface area contributed by atoms with Crippen LogP contribution >= 0.6 is 11.3 Å². The van der Waals surface area contributed by atoms with Crippen molar-refractivity contribution < 1.29 is 14.6 Å². The van der Waals surface area contributed by atoms with E-state index < -0.39 is 5.60 Å². The molecular weight excluding hydrogens is 288 g/mol. The Morgan fingerprint density at radius 3 is 3.00 bits per heavy atom. The minimum absolute atomic E-state index is 0.0785. The number of fused-ring (bicyclic) bond motifs is 1. The molecule has 0 saturated carbocycles. The van der Waals surface area contributed by atoms with Gasteiger partial charge in [-0.25, -0.2) is 4.98 Å². The summed E-state index contributed by atoms with van der Waals surface area (Å²) in [6.07, 6.45) is 1.14. The highest BCUT2D eigenvalue weighted by Crippen LogP contribution is 2.23. The maximum atomic E-state index is 12.5. The fraction of sp³-hybridized carbons (Fsp3) is 0.467. The number of aromatic nitrogens is 1. The Bertz CT molecular complexity index is 649. The fourth-order valence-corrected chi connectivity index (χ4v) is 3.35. The fourth-order valence-electron chi connectivity index (χ4n) is 2.63. The zero-order valence-electron chi connectivity index (χ0n) is 11.9. The molecule has 1 N–H and O–H groups in total. The van der Waals surface area contributed by atoms with Gasteiger partial charge in [-0.1, -0.05) is 0 Å². The van der Waals surface area contributed by atoms with Gasteiger partial charge in [0.1, 0.15) is 0 Å². The minimum Gasteiger partial charge on any atom is -0.388 e. The van der Waals surface area contributed by atoms with Gasteiger partial charge in [-0.3, -0.25) is 4.79 Å². The van der Waals surface area contributed by atoms with Gasteiger partial charge in [0, 0.05) is 45.2 Å². The standard InChI is InChI=1S/C15H18N2O3S/c1-17(9-15(19)4-6-20-7-5-15)14(18)11-2-3-12-13(8-11)21-10-16-12/h2-3,8,10,19H,4-7,9H2,1H3. The van der Waals surface area contributed by atoms with Crippen LogP contribution in [0.2, 0.25) is 0 Å². The molecule has 6 heteroatoms. The van der Waals surface area contributed by atoms with Gasteiger partial charge in [0.15, 0.2) is 0 Å². The first-order valence-corrected chi connectivity index (χ1v) is 7.84. The highest BCUT2D eigenvalue weighted by molar-refractivity contribution is 7.16. The number of ether oxygens (including phenoxy) is 1. The Morgan fingerprint density at radius 2 is 2.24 bits per heavy atom. The molecular formula is C15H18N2O3S. The van der Waals surface area contributed by atoms with Crippen molar-refractivity contribution >= 4 is 27.5 Å². The second-order valence-electron chi connectivity index (χ2n) is 5.53. The van der Waals surface area contributed by atoms with E-state index >= 15 is 0 Å². The van der Waals surface area contributed by atoms with Crippen molar-refractivity contribution in [3.05, 3.63) is 29.3 Å². The lowest BCUT2D eigenvalue weighted by atomic mass is 9.93. The predicted molar refractivity (Wildman–Crippen MR) is 81.6 cm³/mol. The second kappa shape index (κ2) is 5.71. The van der Waals surface area contributed by atoms with Crippen LogP contribution in [-0.2, 0) is 4.74 Å². The highest BCUT2D eigenvalue weighted by Gasteiger charge is 2.32. The Hall–Kier alpha value is -1.50. The lowest BCUT2D eigenvalue weighted by Gasteiger charge is -2.35. The van der Waals surface area contributed by atoms with Crippen molar-refractivity contribution in [2.24, 2.45) is 0 Å². The lowest BCUT2D eigenvalue weighted by molar-refractivity contribution is -0.0734. The topological polar surface area (TPSA) is 62.7 Å². The molecule has 3 rings (SSSR count). The van der Waals surface area contributed by atoms with Crippen molar-refractivity contribution in [3.63, 3.8) is 0 Å². The van der Waals surface area contributed by atoms with Gasteiger partial charge in [0.2, 0.25) is 0 Å². The first kappa shape index (κ1) is 14.4. The Kier molecular flexibility index (Phi) is 3.93. The highest BCUT2D eigenvalue weighted by atomic mass is 32.1. The summed E-state index contributed by atoms with van der Waals surface area (Å²) < 4.78 is 6.26. The third kappa shape index (κ3) is 3.07. The largest absolute Gasteiger partial charge is 0.388 e. The molecule has 1 aliphatic rings. The number of rotatable bonds is 3. The quantitative estimate of drug-likeness (QED) is 0.941. The number of amides is 1. The van der Waals surface area contributed by atoms with Gasteiger partial charge in [-0.05, 0) is 18.2 Å². The summed E-state index contributed by atoms with van der Waals surface area (Å²) in [4.78, 5) is 18.3. The van der Waals surface area contributed by atoms with E-state index in [2.05, 4.69) is 4.98 Å². The van der Waals surface area contributed by atoms with Crippen molar-refractivity contribution in [1.29, 1.82) is 0 Å². The maximum absolute atomic E-state index is 12.5. The van der Waals surface area contributed by atoms with Gasteiger partial charge in [-0.2, -0.15) is 0 Å². The van der Waals surface area contributed by atoms with Crippen LogP contribution in [0.1, 0.15) is 23.2 Å². The van der Waals surface area contributed by atoms with Gasteiger partial charge >= 0.3 is 0 Å². The monoisotopic (exact) mass is 306 g/mol. The van der Waals surface area contributed by atoms with Crippen LogP contribution in [0.25, 0.3) is 10.2 Å². The summed E-state index contributed by atoms with van der Waals surface area (Å²) in [6, 6.07) is 5.50. The summed E-state index contributed by atoms with van der Waals surface area (Å²) in [5, 5.41) is 10.5.